The van der Waals surface area contributed by atoms with Gasteiger partial charge >= 0.3 is 5.97 Å². The molecule has 0 bridgehead atoms. The van der Waals surface area contributed by atoms with Gasteiger partial charge in [-0.2, -0.15) is 0 Å². The number of hydrogen-bond donors (Lipinski definition) is 0. The van der Waals surface area contributed by atoms with E-state index in [0.29, 0.717) is 11.9 Å². The molecule has 2 nitrogen and oxygen atoms in total. The number of carbonyl (C=O) groups excluding carboxylic acids is 1. The second-order valence-electron chi connectivity index (χ2n) is 1.37. The largest absolute Gasteiger partial charge is 0.465 e. The molecule has 0 radical (unpaired) electrons. The third-order valence-corrected chi connectivity index (χ3v) is 2.03. The topological polar surface area (TPSA) is 26.3 Å². The molecule has 0 aliphatic carbocycles. The fourth-order valence-electron chi connectivity index (χ4n) is 0.296. The van der Waals surface area contributed by atoms with Crippen LogP contribution < -0.4 is 0 Å². The summed E-state index contributed by atoms with van der Waals surface area (Å²) in [5.41, 5.74) is 0. The molecule has 54 valence electrons. The minimum absolute atomic E-state index is 0.365. The van der Waals surface area contributed by atoms with Crippen molar-refractivity contribution < 1.29 is 9.53 Å². The fourth-order valence-corrected chi connectivity index (χ4v) is 0.623. The van der Waals surface area contributed by atoms with E-state index in [1.54, 1.807) is 6.92 Å². The molecular weight excluding hydrogens is 207 g/mol. The zero-order valence-corrected chi connectivity index (χ0v) is 7.41. The number of rotatable bonds is 3. The summed E-state index contributed by atoms with van der Waals surface area (Å²) in [5.74, 6) is -0.365. The summed E-state index contributed by atoms with van der Waals surface area (Å²) in [6.07, 6.45) is 0. The lowest BCUT2D eigenvalue weighted by Gasteiger charge is -2.02. The first-order valence-corrected chi connectivity index (χ1v) is 4.14. The van der Waals surface area contributed by atoms with Crippen molar-refractivity contribution in [2.45, 2.75) is 12.3 Å². The molecule has 0 fully saturated rings. The van der Waals surface area contributed by atoms with Gasteiger partial charge in [-0.05, 0) is 6.92 Å². The quantitative estimate of drug-likeness (QED) is 0.527. The Labute approximate surface area is 67.6 Å². The third kappa shape index (κ3) is 3.76. The maximum atomic E-state index is 10.6. The molecule has 9 heavy (non-hydrogen) atoms. The average Bonchev–Trinajstić information content (AvgIpc) is 1.87. The lowest BCUT2D eigenvalue weighted by Crippen LogP contribution is -2.18. The van der Waals surface area contributed by atoms with E-state index in [1.807, 2.05) is 0 Å². The van der Waals surface area contributed by atoms with Crippen LogP contribution >= 0.6 is 27.5 Å². The highest BCUT2D eigenvalue weighted by atomic mass is 79.9. The van der Waals surface area contributed by atoms with E-state index in [4.69, 9.17) is 11.6 Å². The van der Waals surface area contributed by atoms with E-state index in [9.17, 15) is 4.79 Å². The van der Waals surface area contributed by atoms with Gasteiger partial charge in [0.2, 0.25) is 0 Å². The first kappa shape index (κ1) is 9.24. The number of hydrogen-bond acceptors (Lipinski definition) is 2. The van der Waals surface area contributed by atoms with Crippen LogP contribution in [0, 0.1) is 0 Å². The highest BCUT2D eigenvalue weighted by molar-refractivity contribution is 9.09. The van der Waals surface area contributed by atoms with E-state index >= 15 is 0 Å². The van der Waals surface area contributed by atoms with Gasteiger partial charge < -0.3 is 4.74 Å². The predicted octanol–water partition coefficient (Wildman–Crippen LogP) is 1.55. The maximum absolute atomic E-state index is 10.6. The van der Waals surface area contributed by atoms with Crippen molar-refractivity contribution in [3.63, 3.8) is 0 Å². The molecule has 0 spiro atoms. The Kier molecular flexibility index (Phi) is 5.19. The number of halogens is 2. The molecular formula is C5H8BrClO2. The molecule has 0 aliphatic rings. The molecule has 0 saturated carbocycles. The van der Waals surface area contributed by atoms with Gasteiger partial charge in [-0.3, -0.25) is 4.79 Å². The molecule has 4 heteroatoms. The third-order valence-electron chi connectivity index (χ3n) is 0.678. The van der Waals surface area contributed by atoms with Crippen molar-refractivity contribution in [1.29, 1.82) is 0 Å². The first-order chi connectivity index (χ1) is 4.22. The summed E-state index contributed by atoms with van der Waals surface area (Å²) < 4.78 is 4.59. The summed E-state index contributed by atoms with van der Waals surface area (Å²) >= 11 is 8.53. The molecule has 0 aromatic carbocycles. The molecule has 0 heterocycles. The Morgan fingerprint density at radius 1 is 1.89 bits per heavy atom. The van der Waals surface area contributed by atoms with Gasteiger partial charge in [0.15, 0.2) is 0 Å². The van der Waals surface area contributed by atoms with Crippen LogP contribution in [0.5, 0.6) is 0 Å². The Morgan fingerprint density at radius 3 is 2.78 bits per heavy atom. The van der Waals surface area contributed by atoms with Crippen molar-refractivity contribution >= 4 is 33.5 Å². The molecule has 0 saturated heterocycles. The van der Waals surface area contributed by atoms with Crippen LogP contribution in [0.4, 0.5) is 0 Å². The van der Waals surface area contributed by atoms with Crippen LogP contribution in [0.15, 0.2) is 0 Å². The Morgan fingerprint density at radius 2 is 2.44 bits per heavy atom. The van der Waals surface area contributed by atoms with Crippen LogP contribution in [-0.4, -0.2) is 23.3 Å². The number of carbonyl (C=O) groups is 1. The van der Waals surface area contributed by atoms with Crippen LogP contribution in [0.25, 0.3) is 0 Å². The van der Waals surface area contributed by atoms with E-state index in [-0.39, 0.29) is 5.97 Å². The summed E-state index contributed by atoms with van der Waals surface area (Å²) in [7, 11) is 0. The normalized spacial score (nSPS) is 12.8. The van der Waals surface area contributed by atoms with Gasteiger partial charge in [-0.25, -0.2) is 0 Å². The van der Waals surface area contributed by atoms with Gasteiger partial charge in [0.1, 0.15) is 5.38 Å². The summed E-state index contributed by atoms with van der Waals surface area (Å²) in [4.78, 5) is 10.6. The molecule has 0 aliphatic heterocycles. The van der Waals surface area contributed by atoms with Crippen LogP contribution in [0.3, 0.4) is 0 Å². The first-order valence-electron chi connectivity index (χ1n) is 2.59. The Hall–Kier alpha value is 0.240. The molecule has 0 N–H and O–H groups in total. The molecule has 0 amide bonds. The molecule has 1 unspecified atom stereocenters. The lowest BCUT2D eigenvalue weighted by atomic mass is 10.5. The van der Waals surface area contributed by atoms with E-state index < -0.39 is 5.38 Å². The minimum Gasteiger partial charge on any atom is -0.465 e. The van der Waals surface area contributed by atoms with Crippen molar-refractivity contribution in [3.05, 3.63) is 0 Å². The molecule has 0 aromatic rings. The van der Waals surface area contributed by atoms with E-state index in [0.717, 1.165) is 0 Å². The summed E-state index contributed by atoms with van der Waals surface area (Å²) in [5, 5.41) is -0.113. The van der Waals surface area contributed by atoms with Crippen molar-refractivity contribution in [2.24, 2.45) is 0 Å². The average molecular weight is 215 g/mol. The number of esters is 1. The molecule has 1 atom stereocenters. The number of ether oxygens (including phenoxy) is 1. The van der Waals surface area contributed by atoms with Gasteiger partial charge in [-0.1, -0.05) is 15.9 Å². The zero-order valence-electron chi connectivity index (χ0n) is 5.06. The van der Waals surface area contributed by atoms with Crippen LogP contribution in [0.1, 0.15) is 6.92 Å². The van der Waals surface area contributed by atoms with E-state index in [1.165, 1.54) is 0 Å². The van der Waals surface area contributed by atoms with Gasteiger partial charge in [0, 0.05) is 5.33 Å². The second-order valence-corrected chi connectivity index (χ2v) is 2.55. The van der Waals surface area contributed by atoms with Crippen molar-refractivity contribution in [1.82, 2.24) is 0 Å². The SMILES string of the molecule is CCOC(=O)C(Cl)CBr. The lowest BCUT2D eigenvalue weighted by molar-refractivity contribution is -0.142. The fraction of sp³-hybridized carbons (Fsp3) is 0.800. The monoisotopic (exact) mass is 214 g/mol. The van der Waals surface area contributed by atoms with Gasteiger partial charge in [0.25, 0.3) is 0 Å². The minimum atomic E-state index is -0.551. The zero-order chi connectivity index (χ0) is 7.28. The standard InChI is InChI=1S/C5H8BrClO2/c1-2-9-5(8)4(7)3-6/h4H,2-3H2,1H3. The Balaban J connectivity index is 3.46. The molecule has 0 aromatic heterocycles. The van der Waals surface area contributed by atoms with Crippen LogP contribution in [-0.2, 0) is 9.53 Å². The summed E-state index contributed by atoms with van der Waals surface area (Å²) in [6, 6.07) is 0. The second kappa shape index (κ2) is 5.06. The highest BCUT2D eigenvalue weighted by Gasteiger charge is 2.13. The predicted molar refractivity (Wildman–Crippen MR) is 40.1 cm³/mol. The smallest absolute Gasteiger partial charge is 0.324 e. The highest BCUT2D eigenvalue weighted by Crippen LogP contribution is 2.02. The van der Waals surface area contributed by atoms with Crippen LogP contribution in [0.2, 0.25) is 0 Å². The summed E-state index contributed by atoms with van der Waals surface area (Å²) in [6.45, 7) is 2.13. The maximum Gasteiger partial charge on any atom is 0.324 e. The van der Waals surface area contributed by atoms with Crippen molar-refractivity contribution in [2.75, 3.05) is 11.9 Å². The Bertz CT molecular complexity index is 97.0. The van der Waals surface area contributed by atoms with E-state index in [2.05, 4.69) is 20.7 Å². The van der Waals surface area contributed by atoms with Crippen molar-refractivity contribution in [3.8, 4) is 0 Å². The number of alkyl halides is 2. The molecule has 0 rings (SSSR count). The van der Waals surface area contributed by atoms with Gasteiger partial charge in [0.05, 0.1) is 6.61 Å². The van der Waals surface area contributed by atoms with Gasteiger partial charge in [-0.15, -0.1) is 11.6 Å².